The second kappa shape index (κ2) is 7.12. The summed E-state index contributed by atoms with van der Waals surface area (Å²) in [5, 5.41) is 0. The highest BCUT2D eigenvalue weighted by atomic mass is 19.1. The maximum absolute atomic E-state index is 12.8. The number of aromatic nitrogens is 1. The van der Waals surface area contributed by atoms with E-state index in [1.165, 1.54) is 25.0 Å². The lowest BCUT2D eigenvalue weighted by molar-refractivity contribution is 0.0852. The number of hydrogen-bond acceptors (Lipinski definition) is 3. The van der Waals surface area contributed by atoms with Crippen LogP contribution in [0.2, 0.25) is 0 Å². The summed E-state index contributed by atoms with van der Waals surface area (Å²) in [6, 6.07) is 2.76. The zero-order valence-corrected chi connectivity index (χ0v) is 13.2. The van der Waals surface area contributed by atoms with Gasteiger partial charge in [0, 0.05) is 12.5 Å². The van der Waals surface area contributed by atoms with E-state index < -0.39 is 5.82 Å². The van der Waals surface area contributed by atoms with Crippen LogP contribution in [0.1, 0.15) is 44.1 Å². The van der Waals surface area contributed by atoms with Crippen LogP contribution in [0.4, 0.5) is 4.39 Å². The quantitative estimate of drug-likeness (QED) is 0.780. The average molecular weight is 292 g/mol. The Bertz CT molecular complexity index is 464. The van der Waals surface area contributed by atoms with Gasteiger partial charge in [0.15, 0.2) is 5.78 Å². The Balaban J connectivity index is 1.86. The van der Waals surface area contributed by atoms with Crippen molar-refractivity contribution in [3.63, 3.8) is 0 Å². The highest BCUT2D eigenvalue weighted by molar-refractivity contribution is 5.95. The van der Waals surface area contributed by atoms with Gasteiger partial charge in [-0.3, -0.25) is 9.78 Å². The predicted molar refractivity (Wildman–Crippen MR) is 81.7 cm³/mol. The summed E-state index contributed by atoms with van der Waals surface area (Å²) in [6.07, 6.45) is 3.54. The van der Waals surface area contributed by atoms with Crippen LogP contribution in [0.15, 0.2) is 18.3 Å². The van der Waals surface area contributed by atoms with Crippen molar-refractivity contribution in [2.24, 2.45) is 17.8 Å². The minimum absolute atomic E-state index is 0.000910. The number of pyridine rings is 1. The van der Waals surface area contributed by atoms with Crippen molar-refractivity contribution in [2.45, 2.75) is 33.6 Å². The lowest BCUT2D eigenvalue weighted by Crippen LogP contribution is -2.39. The molecule has 1 unspecified atom stereocenters. The zero-order valence-electron chi connectivity index (χ0n) is 13.2. The summed E-state index contributed by atoms with van der Waals surface area (Å²) >= 11 is 0. The van der Waals surface area contributed by atoms with Gasteiger partial charge in [0.05, 0.1) is 6.20 Å². The Morgan fingerprint density at radius 2 is 2.00 bits per heavy atom. The SMILES string of the molecule is CC(CN1CCC(C(C)C)CC1)C(=O)c1ccc(F)cn1. The van der Waals surface area contributed by atoms with E-state index in [-0.39, 0.29) is 11.7 Å². The fourth-order valence-electron chi connectivity index (χ4n) is 3.05. The van der Waals surface area contributed by atoms with Gasteiger partial charge in [-0.15, -0.1) is 0 Å². The predicted octanol–water partition coefficient (Wildman–Crippen LogP) is 3.41. The smallest absolute Gasteiger partial charge is 0.185 e. The maximum Gasteiger partial charge on any atom is 0.185 e. The molecule has 2 rings (SSSR count). The molecule has 1 fully saturated rings. The van der Waals surface area contributed by atoms with E-state index in [0.717, 1.165) is 37.7 Å². The molecule has 0 bridgehead atoms. The third kappa shape index (κ3) is 4.34. The van der Waals surface area contributed by atoms with Gasteiger partial charge in [-0.2, -0.15) is 0 Å². The number of hydrogen-bond donors (Lipinski definition) is 0. The second-order valence-electron chi connectivity index (χ2n) is 6.51. The van der Waals surface area contributed by atoms with Crippen molar-refractivity contribution in [3.05, 3.63) is 29.8 Å². The van der Waals surface area contributed by atoms with Crippen molar-refractivity contribution in [1.29, 1.82) is 0 Å². The van der Waals surface area contributed by atoms with Crippen molar-refractivity contribution in [1.82, 2.24) is 9.88 Å². The number of likely N-dealkylation sites (tertiary alicyclic amines) is 1. The Morgan fingerprint density at radius 3 is 2.52 bits per heavy atom. The topological polar surface area (TPSA) is 33.2 Å². The summed E-state index contributed by atoms with van der Waals surface area (Å²) in [7, 11) is 0. The molecule has 0 saturated carbocycles. The molecule has 1 aliphatic rings. The highest BCUT2D eigenvalue weighted by Crippen LogP contribution is 2.25. The monoisotopic (exact) mass is 292 g/mol. The van der Waals surface area contributed by atoms with Gasteiger partial charge in [-0.25, -0.2) is 4.39 Å². The van der Waals surface area contributed by atoms with Crippen LogP contribution >= 0.6 is 0 Å². The van der Waals surface area contributed by atoms with Gasteiger partial charge in [0.25, 0.3) is 0 Å². The van der Waals surface area contributed by atoms with E-state index in [4.69, 9.17) is 0 Å². The fraction of sp³-hybridized carbons (Fsp3) is 0.647. The molecule has 0 aromatic carbocycles. The molecule has 1 aliphatic heterocycles. The molecular weight excluding hydrogens is 267 g/mol. The number of halogens is 1. The van der Waals surface area contributed by atoms with E-state index >= 15 is 0 Å². The summed E-state index contributed by atoms with van der Waals surface area (Å²) in [5.74, 6) is 1.05. The van der Waals surface area contributed by atoms with Crippen LogP contribution in [-0.4, -0.2) is 35.3 Å². The van der Waals surface area contributed by atoms with Crippen LogP contribution < -0.4 is 0 Å². The molecule has 0 aliphatic carbocycles. The second-order valence-corrected chi connectivity index (χ2v) is 6.51. The fourth-order valence-corrected chi connectivity index (χ4v) is 3.05. The molecule has 4 heteroatoms. The average Bonchev–Trinajstić information content (AvgIpc) is 2.47. The third-order valence-electron chi connectivity index (χ3n) is 4.53. The Kier molecular flexibility index (Phi) is 5.45. The lowest BCUT2D eigenvalue weighted by Gasteiger charge is -2.34. The first-order valence-corrected chi connectivity index (χ1v) is 7.85. The van der Waals surface area contributed by atoms with Crippen LogP contribution in [0.3, 0.4) is 0 Å². The molecule has 0 radical (unpaired) electrons. The zero-order chi connectivity index (χ0) is 15.4. The standard InChI is InChI=1S/C17H25FN2O/c1-12(2)14-6-8-20(9-7-14)11-13(3)17(21)16-5-4-15(18)10-19-16/h4-5,10,12-14H,6-9,11H2,1-3H3. The minimum atomic E-state index is -0.407. The van der Waals surface area contributed by atoms with Crippen molar-refractivity contribution in [2.75, 3.05) is 19.6 Å². The maximum atomic E-state index is 12.8. The Labute approximate surface area is 126 Å². The first kappa shape index (κ1) is 16.1. The van der Waals surface area contributed by atoms with E-state index in [9.17, 15) is 9.18 Å². The number of Topliss-reactive ketones (excluding diaryl/α,β-unsaturated/α-hetero) is 1. The molecule has 1 saturated heterocycles. The largest absolute Gasteiger partial charge is 0.303 e. The van der Waals surface area contributed by atoms with E-state index in [1.54, 1.807) is 0 Å². The van der Waals surface area contributed by atoms with Crippen LogP contribution in [0, 0.1) is 23.6 Å². The summed E-state index contributed by atoms with van der Waals surface area (Å²) in [5.41, 5.74) is 0.362. The molecule has 0 N–H and O–H groups in total. The minimum Gasteiger partial charge on any atom is -0.303 e. The van der Waals surface area contributed by atoms with Gasteiger partial charge in [0.2, 0.25) is 0 Å². The number of piperidine rings is 1. The van der Waals surface area contributed by atoms with Crippen molar-refractivity contribution in [3.8, 4) is 0 Å². The summed E-state index contributed by atoms with van der Waals surface area (Å²) in [4.78, 5) is 18.5. The van der Waals surface area contributed by atoms with Crippen LogP contribution in [0.25, 0.3) is 0 Å². The molecule has 2 heterocycles. The number of carbonyl (C=O) groups is 1. The third-order valence-corrected chi connectivity index (χ3v) is 4.53. The highest BCUT2D eigenvalue weighted by Gasteiger charge is 2.25. The molecule has 0 amide bonds. The molecular formula is C17H25FN2O. The van der Waals surface area contributed by atoms with E-state index in [0.29, 0.717) is 5.69 Å². The normalized spacial score (nSPS) is 18.9. The van der Waals surface area contributed by atoms with Gasteiger partial charge in [-0.05, 0) is 49.9 Å². The Morgan fingerprint density at radius 1 is 1.33 bits per heavy atom. The van der Waals surface area contributed by atoms with Crippen LogP contribution in [-0.2, 0) is 0 Å². The first-order valence-electron chi connectivity index (χ1n) is 7.85. The molecule has 1 aromatic rings. The summed E-state index contributed by atoms with van der Waals surface area (Å²) < 4.78 is 12.8. The number of carbonyl (C=O) groups excluding carboxylic acids is 1. The van der Waals surface area contributed by atoms with Gasteiger partial charge in [-0.1, -0.05) is 20.8 Å². The molecule has 116 valence electrons. The van der Waals surface area contributed by atoms with Crippen molar-refractivity contribution < 1.29 is 9.18 Å². The molecule has 3 nitrogen and oxygen atoms in total. The summed E-state index contributed by atoms with van der Waals surface area (Å²) in [6.45, 7) is 9.40. The number of rotatable bonds is 5. The molecule has 1 atom stereocenters. The Hall–Kier alpha value is -1.29. The van der Waals surface area contributed by atoms with Crippen molar-refractivity contribution >= 4 is 5.78 Å². The van der Waals surface area contributed by atoms with Gasteiger partial charge >= 0.3 is 0 Å². The number of nitrogens with zero attached hydrogens (tertiary/aromatic N) is 2. The lowest BCUT2D eigenvalue weighted by atomic mass is 9.86. The molecule has 0 spiro atoms. The van der Waals surface area contributed by atoms with Crippen LogP contribution in [0.5, 0.6) is 0 Å². The van der Waals surface area contributed by atoms with Gasteiger partial charge in [0.1, 0.15) is 11.5 Å². The number of ketones is 1. The van der Waals surface area contributed by atoms with Gasteiger partial charge < -0.3 is 4.90 Å². The molecule has 1 aromatic heterocycles. The van der Waals surface area contributed by atoms with E-state index in [2.05, 4.69) is 23.7 Å². The first-order chi connectivity index (χ1) is 9.97. The molecule has 21 heavy (non-hydrogen) atoms. The van der Waals surface area contributed by atoms with E-state index in [1.807, 2.05) is 6.92 Å².